The summed E-state index contributed by atoms with van der Waals surface area (Å²) in [6.07, 6.45) is 0. The van der Waals surface area contributed by atoms with E-state index in [1.54, 1.807) is 0 Å². The summed E-state index contributed by atoms with van der Waals surface area (Å²) in [5.74, 6) is 0. The number of hydrogen-bond acceptors (Lipinski definition) is 1. The molecular formula is C31H25N. The first kappa shape index (κ1) is 19.8. The van der Waals surface area contributed by atoms with Gasteiger partial charge in [-0.05, 0) is 70.1 Å². The molecule has 5 aromatic carbocycles. The van der Waals surface area contributed by atoms with Gasteiger partial charge >= 0.3 is 0 Å². The fourth-order valence-corrected chi connectivity index (χ4v) is 4.00. The summed E-state index contributed by atoms with van der Waals surface area (Å²) >= 11 is 0. The average Bonchev–Trinajstić information content (AvgIpc) is 2.87. The van der Waals surface area contributed by atoms with Crippen molar-refractivity contribution in [1.82, 2.24) is 0 Å². The molecule has 0 aromatic heterocycles. The summed E-state index contributed by atoms with van der Waals surface area (Å²) in [4.78, 5) is 0. The Bertz CT molecular complexity index is 1300. The lowest BCUT2D eigenvalue weighted by Gasteiger charge is -2.12. The molecule has 1 heteroatoms. The molecule has 0 radical (unpaired) electrons. The van der Waals surface area contributed by atoms with Crippen molar-refractivity contribution in [2.24, 2.45) is 0 Å². The maximum absolute atomic E-state index is 3.56. The van der Waals surface area contributed by atoms with Crippen LogP contribution < -0.4 is 5.32 Å². The molecule has 0 aliphatic rings. The Hall–Kier alpha value is -4.10. The fourth-order valence-electron chi connectivity index (χ4n) is 4.00. The molecular weight excluding hydrogens is 386 g/mol. The Labute approximate surface area is 190 Å². The van der Waals surface area contributed by atoms with Gasteiger partial charge in [-0.3, -0.25) is 0 Å². The van der Waals surface area contributed by atoms with Gasteiger partial charge < -0.3 is 5.32 Å². The smallest absolute Gasteiger partial charge is 0.0414 e. The monoisotopic (exact) mass is 411 g/mol. The first-order valence-electron chi connectivity index (χ1n) is 11.0. The summed E-state index contributed by atoms with van der Waals surface area (Å²) in [5.41, 5.74) is 10.8. The van der Waals surface area contributed by atoms with Gasteiger partial charge in [0.2, 0.25) is 0 Å². The van der Waals surface area contributed by atoms with Gasteiger partial charge in [0.1, 0.15) is 0 Å². The Morgan fingerprint density at radius 3 is 1.31 bits per heavy atom. The predicted octanol–water partition coefficient (Wildman–Crippen LogP) is 8.74. The van der Waals surface area contributed by atoms with Crippen LogP contribution in [0.2, 0.25) is 0 Å². The zero-order valence-electron chi connectivity index (χ0n) is 18.1. The Balaban J connectivity index is 1.31. The zero-order chi connectivity index (χ0) is 21.8. The zero-order valence-corrected chi connectivity index (χ0v) is 18.1. The van der Waals surface area contributed by atoms with Crippen molar-refractivity contribution in [3.63, 3.8) is 0 Å². The van der Waals surface area contributed by atoms with E-state index in [0.29, 0.717) is 0 Å². The molecule has 5 rings (SSSR count). The molecule has 32 heavy (non-hydrogen) atoms. The molecule has 0 saturated heterocycles. The molecule has 0 aliphatic carbocycles. The van der Waals surface area contributed by atoms with Crippen LogP contribution in [0, 0.1) is 6.92 Å². The molecule has 154 valence electrons. The number of rotatable bonds is 5. The Morgan fingerprint density at radius 2 is 0.812 bits per heavy atom. The number of nitrogens with one attached hydrogen (secondary N) is 1. The minimum absolute atomic E-state index is 1.09. The van der Waals surface area contributed by atoms with Crippen LogP contribution in [0.5, 0.6) is 0 Å². The SMILES string of the molecule is Cc1cc(-c2ccccc2)ccc1Nc1ccc(-c2ccc(-c3ccccc3)cc2)cc1. The van der Waals surface area contributed by atoms with Gasteiger partial charge in [-0.1, -0.05) is 103 Å². The molecule has 0 saturated carbocycles. The highest BCUT2D eigenvalue weighted by Gasteiger charge is 2.04. The summed E-state index contributed by atoms with van der Waals surface area (Å²) in [7, 11) is 0. The maximum Gasteiger partial charge on any atom is 0.0414 e. The standard InChI is InChI=1S/C31H25N/c1-23-22-29(25-10-6-3-7-11-25)18-21-31(23)32-30-19-16-28(17-20-30)27-14-12-26(13-15-27)24-8-4-2-5-9-24/h2-22,32H,1H3. The summed E-state index contributed by atoms with van der Waals surface area (Å²) in [6, 6.07) is 44.9. The fraction of sp³-hybridized carbons (Fsp3) is 0.0323. The normalized spacial score (nSPS) is 10.7. The minimum atomic E-state index is 1.09. The highest BCUT2D eigenvalue weighted by molar-refractivity contribution is 5.74. The number of hydrogen-bond donors (Lipinski definition) is 1. The van der Waals surface area contributed by atoms with Gasteiger partial charge in [-0.25, -0.2) is 0 Å². The molecule has 0 unspecified atom stereocenters. The van der Waals surface area contributed by atoms with Crippen LogP contribution in [-0.4, -0.2) is 0 Å². The predicted molar refractivity (Wildman–Crippen MR) is 137 cm³/mol. The minimum Gasteiger partial charge on any atom is -0.355 e. The van der Waals surface area contributed by atoms with E-state index < -0.39 is 0 Å². The van der Waals surface area contributed by atoms with Crippen molar-refractivity contribution in [2.75, 3.05) is 5.32 Å². The van der Waals surface area contributed by atoms with Gasteiger partial charge in [0.15, 0.2) is 0 Å². The van der Waals surface area contributed by atoms with Crippen LogP contribution in [0.1, 0.15) is 5.56 Å². The third kappa shape index (κ3) is 4.33. The van der Waals surface area contributed by atoms with E-state index in [1.807, 2.05) is 12.1 Å². The van der Waals surface area contributed by atoms with Gasteiger partial charge in [0, 0.05) is 11.4 Å². The molecule has 0 spiro atoms. The van der Waals surface area contributed by atoms with E-state index in [4.69, 9.17) is 0 Å². The summed E-state index contributed by atoms with van der Waals surface area (Å²) < 4.78 is 0. The van der Waals surface area contributed by atoms with Crippen LogP contribution in [0.15, 0.2) is 127 Å². The van der Waals surface area contributed by atoms with E-state index in [-0.39, 0.29) is 0 Å². The van der Waals surface area contributed by atoms with Crippen LogP contribution in [0.4, 0.5) is 11.4 Å². The molecule has 0 amide bonds. The van der Waals surface area contributed by atoms with Crippen molar-refractivity contribution in [2.45, 2.75) is 6.92 Å². The van der Waals surface area contributed by atoms with Crippen molar-refractivity contribution in [1.29, 1.82) is 0 Å². The van der Waals surface area contributed by atoms with Crippen LogP contribution in [0.25, 0.3) is 33.4 Å². The number of benzene rings is 5. The number of aryl methyl sites for hydroxylation is 1. The first-order valence-corrected chi connectivity index (χ1v) is 11.0. The van der Waals surface area contributed by atoms with Crippen molar-refractivity contribution in [3.05, 3.63) is 133 Å². The molecule has 0 heterocycles. The quantitative estimate of drug-likeness (QED) is 0.305. The second kappa shape index (κ2) is 8.95. The van der Waals surface area contributed by atoms with Crippen molar-refractivity contribution < 1.29 is 0 Å². The van der Waals surface area contributed by atoms with Gasteiger partial charge in [0.05, 0.1) is 0 Å². The maximum atomic E-state index is 3.56. The largest absolute Gasteiger partial charge is 0.355 e. The highest BCUT2D eigenvalue weighted by atomic mass is 14.9. The van der Waals surface area contributed by atoms with E-state index in [2.05, 4.69) is 128 Å². The van der Waals surface area contributed by atoms with Gasteiger partial charge in [0.25, 0.3) is 0 Å². The topological polar surface area (TPSA) is 12.0 Å². The summed E-state index contributed by atoms with van der Waals surface area (Å²) in [5, 5.41) is 3.56. The second-order valence-electron chi connectivity index (χ2n) is 8.04. The van der Waals surface area contributed by atoms with Crippen LogP contribution in [0.3, 0.4) is 0 Å². The van der Waals surface area contributed by atoms with Crippen molar-refractivity contribution in [3.8, 4) is 33.4 Å². The van der Waals surface area contributed by atoms with E-state index >= 15 is 0 Å². The molecule has 0 atom stereocenters. The molecule has 5 aromatic rings. The highest BCUT2D eigenvalue weighted by Crippen LogP contribution is 2.29. The molecule has 1 N–H and O–H groups in total. The lowest BCUT2D eigenvalue weighted by molar-refractivity contribution is 1.43. The third-order valence-corrected chi connectivity index (χ3v) is 5.82. The molecule has 0 aliphatic heterocycles. The number of anilines is 2. The molecule has 1 nitrogen and oxygen atoms in total. The lowest BCUT2D eigenvalue weighted by atomic mass is 10.00. The van der Waals surface area contributed by atoms with Crippen molar-refractivity contribution >= 4 is 11.4 Å². The van der Waals surface area contributed by atoms with Gasteiger partial charge in [-0.2, -0.15) is 0 Å². The van der Waals surface area contributed by atoms with E-state index in [1.165, 1.54) is 38.9 Å². The summed E-state index contributed by atoms with van der Waals surface area (Å²) in [6.45, 7) is 2.15. The van der Waals surface area contributed by atoms with E-state index in [0.717, 1.165) is 11.4 Å². The van der Waals surface area contributed by atoms with Crippen LogP contribution >= 0.6 is 0 Å². The van der Waals surface area contributed by atoms with Crippen LogP contribution in [-0.2, 0) is 0 Å². The Kier molecular flexibility index (Phi) is 5.55. The second-order valence-corrected chi connectivity index (χ2v) is 8.04. The molecule has 0 bridgehead atoms. The third-order valence-electron chi connectivity index (χ3n) is 5.82. The Morgan fingerprint density at radius 1 is 0.406 bits per heavy atom. The average molecular weight is 412 g/mol. The van der Waals surface area contributed by atoms with E-state index in [9.17, 15) is 0 Å². The lowest BCUT2D eigenvalue weighted by Crippen LogP contribution is -1.93. The first-order chi connectivity index (χ1) is 15.8. The van der Waals surface area contributed by atoms with Gasteiger partial charge in [-0.15, -0.1) is 0 Å². The molecule has 0 fully saturated rings.